The van der Waals surface area contributed by atoms with Gasteiger partial charge >= 0.3 is 0 Å². The Balaban J connectivity index is 1.53. The number of allylic oxidation sites excluding steroid dienone is 4. The van der Waals surface area contributed by atoms with Crippen molar-refractivity contribution in [1.29, 1.82) is 0 Å². The van der Waals surface area contributed by atoms with Crippen molar-refractivity contribution < 1.29 is 0 Å². The van der Waals surface area contributed by atoms with E-state index in [2.05, 4.69) is 45.1 Å². The van der Waals surface area contributed by atoms with Gasteiger partial charge in [-0.3, -0.25) is 0 Å². The first-order chi connectivity index (χ1) is 18.2. The Hall–Kier alpha value is -0.520. The first-order valence-electron chi connectivity index (χ1n) is 17.5. The molecular weight excluding hydrogens is 444 g/mol. The van der Waals surface area contributed by atoms with Crippen molar-refractivity contribution in [2.24, 2.45) is 53.3 Å². The van der Waals surface area contributed by atoms with E-state index in [0.29, 0.717) is 0 Å². The van der Waals surface area contributed by atoms with Crippen molar-refractivity contribution in [3.63, 3.8) is 0 Å². The molecule has 0 aliphatic heterocycles. The standard InChI is InChI=1S/C37H64/c1-4-6-8-11-15-30-21-26-35(32-16-13-10-14-17-32)37(27-30)36-28-34(31-22-19-29(3)20-23-31)25-24-33(36)18-12-9-7-5-2/h11-12,15,18,29-37H,4-10,13-14,16-17,19-28H2,1-3H3. The van der Waals surface area contributed by atoms with Gasteiger partial charge in [0, 0.05) is 0 Å². The van der Waals surface area contributed by atoms with Crippen LogP contribution in [0.25, 0.3) is 0 Å². The minimum atomic E-state index is 0.863. The fourth-order valence-corrected chi connectivity index (χ4v) is 9.46. The molecule has 6 atom stereocenters. The third kappa shape index (κ3) is 8.73. The van der Waals surface area contributed by atoms with E-state index in [4.69, 9.17) is 0 Å². The van der Waals surface area contributed by atoms with Crippen LogP contribution in [0.2, 0.25) is 0 Å². The van der Waals surface area contributed by atoms with Gasteiger partial charge in [0.05, 0.1) is 0 Å². The lowest BCUT2D eigenvalue weighted by molar-refractivity contribution is 0.0120. The number of hydrogen-bond acceptors (Lipinski definition) is 0. The van der Waals surface area contributed by atoms with Crippen LogP contribution in [-0.2, 0) is 0 Å². The predicted octanol–water partition coefficient (Wildman–Crippen LogP) is 12.0. The summed E-state index contributed by atoms with van der Waals surface area (Å²) in [5.74, 6) is 8.83. The Labute approximate surface area is 232 Å². The van der Waals surface area contributed by atoms with Crippen LogP contribution in [0, 0.1) is 53.3 Å². The zero-order valence-electron chi connectivity index (χ0n) is 25.4. The van der Waals surface area contributed by atoms with Gasteiger partial charge in [0.15, 0.2) is 0 Å². The molecule has 4 rings (SSSR count). The molecule has 0 N–H and O–H groups in total. The lowest BCUT2D eigenvalue weighted by atomic mass is 9.55. The average molecular weight is 509 g/mol. The van der Waals surface area contributed by atoms with Crippen molar-refractivity contribution in [1.82, 2.24) is 0 Å². The second-order valence-electron chi connectivity index (χ2n) is 14.4. The highest BCUT2D eigenvalue weighted by Gasteiger charge is 2.44. The molecule has 6 unspecified atom stereocenters. The van der Waals surface area contributed by atoms with Crippen LogP contribution < -0.4 is 0 Å². The SMILES string of the molecule is CCCCC=CC1CCC(C2CCCCC2)C(C2CC(C3CCC(C)CC3)CCC2C=CCCCC)C1. The highest BCUT2D eigenvalue weighted by Crippen LogP contribution is 2.54. The number of rotatable bonds is 11. The second-order valence-corrected chi connectivity index (χ2v) is 14.4. The van der Waals surface area contributed by atoms with Crippen LogP contribution in [0.3, 0.4) is 0 Å². The minimum Gasteiger partial charge on any atom is -0.0883 e. The van der Waals surface area contributed by atoms with Crippen molar-refractivity contribution in [3.8, 4) is 0 Å². The molecule has 0 bridgehead atoms. The van der Waals surface area contributed by atoms with E-state index in [1.165, 1.54) is 116 Å². The molecular formula is C37H64. The molecule has 0 heterocycles. The molecule has 0 radical (unpaired) electrons. The van der Waals surface area contributed by atoms with Crippen LogP contribution in [0.5, 0.6) is 0 Å². The molecule has 0 heteroatoms. The van der Waals surface area contributed by atoms with Gasteiger partial charge in [-0.2, -0.15) is 0 Å². The summed E-state index contributed by atoms with van der Waals surface area (Å²) in [6.45, 7) is 7.18. The van der Waals surface area contributed by atoms with E-state index < -0.39 is 0 Å². The summed E-state index contributed by atoms with van der Waals surface area (Å²) >= 11 is 0. The van der Waals surface area contributed by atoms with Gasteiger partial charge in [-0.1, -0.05) is 116 Å². The second kappa shape index (κ2) is 15.9. The van der Waals surface area contributed by atoms with Crippen molar-refractivity contribution >= 4 is 0 Å². The van der Waals surface area contributed by atoms with Gasteiger partial charge in [0.25, 0.3) is 0 Å². The molecule has 0 amide bonds. The Morgan fingerprint density at radius 2 is 1.22 bits per heavy atom. The molecule has 0 aromatic heterocycles. The molecule has 0 nitrogen and oxygen atoms in total. The van der Waals surface area contributed by atoms with E-state index in [-0.39, 0.29) is 0 Å². The summed E-state index contributed by atoms with van der Waals surface area (Å²) in [5.41, 5.74) is 0. The van der Waals surface area contributed by atoms with Gasteiger partial charge in [-0.15, -0.1) is 0 Å². The fourth-order valence-electron chi connectivity index (χ4n) is 9.46. The Morgan fingerprint density at radius 1 is 0.541 bits per heavy atom. The molecule has 4 saturated carbocycles. The summed E-state index contributed by atoms with van der Waals surface area (Å²) in [6.07, 6.45) is 41.5. The lowest BCUT2D eigenvalue weighted by Crippen LogP contribution is -2.41. The molecule has 0 saturated heterocycles. The quantitative estimate of drug-likeness (QED) is 0.192. The maximum atomic E-state index is 2.76. The first-order valence-corrected chi connectivity index (χ1v) is 17.5. The highest BCUT2D eigenvalue weighted by molar-refractivity contribution is 5.03. The highest BCUT2D eigenvalue weighted by atomic mass is 14.5. The number of unbranched alkanes of at least 4 members (excludes halogenated alkanes) is 4. The van der Waals surface area contributed by atoms with Gasteiger partial charge in [-0.05, 0) is 117 Å². The van der Waals surface area contributed by atoms with E-state index in [1.807, 2.05) is 0 Å². The Morgan fingerprint density at radius 3 is 1.92 bits per heavy atom. The van der Waals surface area contributed by atoms with Crippen LogP contribution in [0.1, 0.15) is 156 Å². The lowest BCUT2D eigenvalue weighted by Gasteiger charge is -2.50. The molecule has 4 fully saturated rings. The van der Waals surface area contributed by atoms with Crippen LogP contribution in [0.15, 0.2) is 24.3 Å². The topological polar surface area (TPSA) is 0 Å². The average Bonchev–Trinajstić information content (AvgIpc) is 2.94. The molecule has 0 aromatic rings. The summed E-state index contributed by atoms with van der Waals surface area (Å²) in [7, 11) is 0. The normalized spacial score (nSPS) is 38.5. The van der Waals surface area contributed by atoms with Crippen LogP contribution >= 0.6 is 0 Å². The van der Waals surface area contributed by atoms with Crippen LogP contribution in [-0.4, -0.2) is 0 Å². The van der Waals surface area contributed by atoms with Gasteiger partial charge in [0.2, 0.25) is 0 Å². The van der Waals surface area contributed by atoms with Gasteiger partial charge in [-0.25, -0.2) is 0 Å². The number of hydrogen-bond donors (Lipinski definition) is 0. The fraction of sp³-hybridized carbons (Fsp3) is 0.892. The third-order valence-electron chi connectivity index (χ3n) is 11.8. The summed E-state index contributed by atoms with van der Waals surface area (Å²) in [5, 5.41) is 0. The van der Waals surface area contributed by atoms with Crippen molar-refractivity contribution in [2.75, 3.05) is 0 Å². The van der Waals surface area contributed by atoms with E-state index in [1.54, 1.807) is 19.3 Å². The maximum absolute atomic E-state index is 2.76. The third-order valence-corrected chi connectivity index (χ3v) is 11.8. The van der Waals surface area contributed by atoms with E-state index in [0.717, 1.165) is 53.3 Å². The maximum Gasteiger partial charge on any atom is -0.0202 e. The molecule has 37 heavy (non-hydrogen) atoms. The molecule has 0 spiro atoms. The van der Waals surface area contributed by atoms with Crippen LogP contribution in [0.4, 0.5) is 0 Å². The monoisotopic (exact) mass is 509 g/mol. The Kier molecular flexibility index (Phi) is 12.7. The van der Waals surface area contributed by atoms with E-state index >= 15 is 0 Å². The van der Waals surface area contributed by atoms with Crippen molar-refractivity contribution in [2.45, 2.75) is 156 Å². The minimum absolute atomic E-state index is 0.863. The van der Waals surface area contributed by atoms with Crippen molar-refractivity contribution in [3.05, 3.63) is 24.3 Å². The molecule has 0 aromatic carbocycles. The zero-order valence-corrected chi connectivity index (χ0v) is 25.4. The predicted molar refractivity (Wildman–Crippen MR) is 164 cm³/mol. The molecule has 4 aliphatic rings. The largest absolute Gasteiger partial charge is 0.0883 e. The molecule has 212 valence electrons. The van der Waals surface area contributed by atoms with Gasteiger partial charge in [0.1, 0.15) is 0 Å². The van der Waals surface area contributed by atoms with E-state index in [9.17, 15) is 0 Å². The zero-order chi connectivity index (χ0) is 25.9. The smallest absolute Gasteiger partial charge is 0.0202 e. The molecule has 4 aliphatic carbocycles. The summed E-state index contributed by atoms with van der Waals surface area (Å²) in [4.78, 5) is 0. The first kappa shape index (κ1) is 29.5. The van der Waals surface area contributed by atoms with Gasteiger partial charge < -0.3 is 0 Å². The summed E-state index contributed by atoms with van der Waals surface area (Å²) in [6, 6.07) is 0. The Bertz CT molecular complexity index is 658. The summed E-state index contributed by atoms with van der Waals surface area (Å²) < 4.78 is 0.